The van der Waals surface area contributed by atoms with Gasteiger partial charge in [0.2, 0.25) is 0 Å². The van der Waals surface area contributed by atoms with Crippen molar-refractivity contribution in [3.63, 3.8) is 0 Å². The number of rotatable bonds is 6. The molecule has 3 nitrogen and oxygen atoms in total. The number of nitrogens with zero attached hydrogens (tertiary/aromatic N) is 1. The second-order valence-corrected chi connectivity index (χ2v) is 5.79. The van der Waals surface area contributed by atoms with Crippen LogP contribution < -0.4 is 10.1 Å². The number of hydrogen-bond acceptors (Lipinski definition) is 3. The lowest BCUT2D eigenvalue weighted by Gasteiger charge is -2.15. The maximum Gasteiger partial charge on any atom is 0.124 e. The van der Waals surface area contributed by atoms with Crippen LogP contribution in [0, 0.1) is 0 Å². The Labute approximate surface area is 128 Å². The fourth-order valence-corrected chi connectivity index (χ4v) is 2.31. The zero-order valence-electron chi connectivity index (χ0n) is 11.8. The van der Waals surface area contributed by atoms with Crippen LogP contribution in [0.1, 0.15) is 25.0 Å². The number of benzene rings is 1. The molecule has 0 radical (unpaired) electrons. The van der Waals surface area contributed by atoms with Crippen molar-refractivity contribution in [2.45, 2.75) is 33.0 Å². The van der Waals surface area contributed by atoms with Crippen LogP contribution in [0.3, 0.4) is 0 Å². The quantitative estimate of drug-likeness (QED) is 0.869. The average molecular weight is 335 g/mol. The molecule has 4 heteroatoms. The van der Waals surface area contributed by atoms with Gasteiger partial charge in [0.15, 0.2) is 0 Å². The van der Waals surface area contributed by atoms with Crippen LogP contribution in [-0.2, 0) is 13.1 Å². The Morgan fingerprint density at radius 3 is 2.60 bits per heavy atom. The number of pyridine rings is 1. The summed E-state index contributed by atoms with van der Waals surface area (Å²) in [6, 6.07) is 10.1. The van der Waals surface area contributed by atoms with Crippen molar-refractivity contribution in [1.82, 2.24) is 10.3 Å². The highest BCUT2D eigenvalue weighted by molar-refractivity contribution is 9.10. The summed E-state index contributed by atoms with van der Waals surface area (Å²) in [6.07, 6.45) is 3.79. The molecule has 0 fully saturated rings. The molecule has 0 aliphatic heterocycles. The summed E-state index contributed by atoms with van der Waals surface area (Å²) in [7, 11) is 0. The summed E-state index contributed by atoms with van der Waals surface area (Å²) in [5.41, 5.74) is 2.38. The minimum Gasteiger partial charge on any atom is -0.491 e. The van der Waals surface area contributed by atoms with Crippen LogP contribution in [0.5, 0.6) is 5.75 Å². The van der Waals surface area contributed by atoms with Gasteiger partial charge in [-0.3, -0.25) is 4.98 Å². The standard InChI is InChI=1S/C16H19BrN2O/c1-12(2)20-16-4-3-15(17)9-14(16)11-19-10-13-5-7-18-8-6-13/h3-9,12,19H,10-11H2,1-2H3. The molecule has 0 bridgehead atoms. The predicted octanol–water partition coefficient (Wildman–Crippen LogP) is 3.92. The van der Waals surface area contributed by atoms with E-state index >= 15 is 0 Å². The van der Waals surface area contributed by atoms with Crippen molar-refractivity contribution in [1.29, 1.82) is 0 Å². The molecule has 1 heterocycles. The van der Waals surface area contributed by atoms with Crippen LogP contribution in [0.25, 0.3) is 0 Å². The second-order valence-electron chi connectivity index (χ2n) is 4.88. The van der Waals surface area contributed by atoms with Crippen LogP contribution in [-0.4, -0.2) is 11.1 Å². The molecule has 1 aromatic heterocycles. The van der Waals surface area contributed by atoms with E-state index in [4.69, 9.17) is 4.74 Å². The van der Waals surface area contributed by atoms with Crippen molar-refractivity contribution in [2.75, 3.05) is 0 Å². The first-order valence-corrected chi connectivity index (χ1v) is 7.49. The molecule has 106 valence electrons. The van der Waals surface area contributed by atoms with E-state index in [9.17, 15) is 0 Å². The number of halogens is 1. The largest absolute Gasteiger partial charge is 0.491 e. The third kappa shape index (κ3) is 4.62. The molecular formula is C16H19BrN2O. The molecule has 0 aliphatic carbocycles. The van der Waals surface area contributed by atoms with Crippen molar-refractivity contribution in [3.8, 4) is 5.75 Å². The lowest BCUT2D eigenvalue weighted by atomic mass is 10.2. The molecule has 0 saturated carbocycles. The maximum absolute atomic E-state index is 5.83. The molecule has 0 unspecified atom stereocenters. The molecule has 2 aromatic rings. The van der Waals surface area contributed by atoms with Gasteiger partial charge in [0.25, 0.3) is 0 Å². The van der Waals surface area contributed by atoms with Crippen molar-refractivity contribution in [2.24, 2.45) is 0 Å². The van der Waals surface area contributed by atoms with E-state index in [0.717, 1.165) is 28.9 Å². The third-order valence-electron chi connectivity index (χ3n) is 2.78. The molecule has 1 aromatic carbocycles. The first-order valence-electron chi connectivity index (χ1n) is 6.70. The van der Waals surface area contributed by atoms with E-state index in [1.165, 1.54) is 5.56 Å². The molecule has 0 atom stereocenters. The summed E-state index contributed by atoms with van der Waals surface area (Å²) in [5.74, 6) is 0.936. The van der Waals surface area contributed by atoms with Gasteiger partial charge in [-0.2, -0.15) is 0 Å². The summed E-state index contributed by atoms with van der Waals surface area (Å²) in [4.78, 5) is 4.02. The Balaban J connectivity index is 1.99. The predicted molar refractivity (Wildman–Crippen MR) is 84.7 cm³/mol. The smallest absolute Gasteiger partial charge is 0.124 e. The Bertz CT molecular complexity index is 543. The van der Waals surface area contributed by atoms with E-state index < -0.39 is 0 Å². The Morgan fingerprint density at radius 2 is 1.90 bits per heavy atom. The lowest BCUT2D eigenvalue weighted by Crippen LogP contribution is -2.15. The van der Waals surface area contributed by atoms with E-state index in [-0.39, 0.29) is 6.10 Å². The van der Waals surface area contributed by atoms with Crippen LogP contribution in [0.15, 0.2) is 47.2 Å². The van der Waals surface area contributed by atoms with Gasteiger partial charge in [-0.25, -0.2) is 0 Å². The summed E-state index contributed by atoms with van der Waals surface area (Å²) in [6.45, 7) is 5.66. The topological polar surface area (TPSA) is 34.1 Å². The summed E-state index contributed by atoms with van der Waals surface area (Å²) < 4.78 is 6.90. The van der Waals surface area contributed by atoms with Crippen LogP contribution >= 0.6 is 15.9 Å². The Hall–Kier alpha value is -1.39. The zero-order valence-corrected chi connectivity index (χ0v) is 13.4. The van der Waals surface area contributed by atoms with Crippen molar-refractivity contribution >= 4 is 15.9 Å². The number of hydrogen-bond donors (Lipinski definition) is 1. The second kappa shape index (κ2) is 7.41. The maximum atomic E-state index is 5.83. The van der Waals surface area contributed by atoms with Gasteiger partial charge in [-0.1, -0.05) is 15.9 Å². The third-order valence-corrected chi connectivity index (χ3v) is 3.27. The SMILES string of the molecule is CC(C)Oc1ccc(Br)cc1CNCc1ccncc1. The van der Waals surface area contributed by atoms with Crippen LogP contribution in [0.4, 0.5) is 0 Å². The molecular weight excluding hydrogens is 316 g/mol. The molecule has 20 heavy (non-hydrogen) atoms. The van der Waals surface area contributed by atoms with Crippen molar-refractivity contribution in [3.05, 3.63) is 58.3 Å². The van der Waals surface area contributed by atoms with Gasteiger partial charge in [0.1, 0.15) is 5.75 Å². The fourth-order valence-electron chi connectivity index (χ4n) is 1.90. The Kier molecular flexibility index (Phi) is 5.56. The summed E-state index contributed by atoms with van der Waals surface area (Å²) >= 11 is 3.51. The first-order chi connectivity index (χ1) is 9.65. The summed E-state index contributed by atoms with van der Waals surface area (Å²) in [5, 5.41) is 3.43. The number of ether oxygens (including phenoxy) is 1. The zero-order chi connectivity index (χ0) is 14.4. The molecule has 0 aliphatic rings. The highest BCUT2D eigenvalue weighted by Crippen LogP contribution is 2.24. The van der Waals surface area contributed by atoms with Gasteiger partial charge in [-0.05, 0) is 49.7 Å². The molecule has 1 N–H and O–H groups in total. The average Bonchev–Trinajstić information content (AvgIpc) is 2.42. The molecule has 0 saturated heterocycles. The van der Waals surface area contributed by atoms with E-state index in [1.54, 1.807) is 0 Å². The van der Waals surface area contributed by atoms with Gasteiger partial charge < -0.3 is 10.1 Å². The number of aromatic nitrogens is 1. The highest BCUT2D eigenvalue weighted by atomic mass is 79.9. The van der Waals surface area contributed by atoms with E-state index in [1.807, 2.05) is 50.5 Å². The molecule has 0 amide bonds. The first kappa shape index (κ1) is 15.0. The van der Waals surface area contributed by atoms with Crippen molar-refractivity contribution < 1.29 is 4.74 Å². The normalized spacial score (nSPS) is 10.8. The minimum atomic E-state index is 0.176. The number of nitrogens with one attached hydrogen (secondary N) is 1. The molecule has 2 rings (SSSR count). The highest BCUT2D eigenvalue weighted by Gasteiger charge is 2.06. The molecule has 0 spiro atoms. The van der Waals surface area contributed by atoms with E-state index in [2.05, 4.69) is 32.3 Å². The fraction of sp³-hybridized carbons (Fsp3) is 0.312. The van der Waals surface area contributed by atoms with E-state index in [0.29, 0.717) is 0 Å². The van der Waals surface area contributed by atoms with Gasteiger partial charge in [0, 0.05) is 35.5 Å². The van der Waals surface area contributed by atoms with Gasteiger partial charge >= 0.3 is 0 Å². The van der Waals surface area contributed by atoms with Gasteiger partial charge in [0.05, 0.1) is 6.10 Å². The minimum absolute atomic E-state index is 0.176. The Morgan fingerprint density at radius 1 is 1.15 bits per heavy atom. The lowest BCUT2D eigenvalue weighted by molar-refractivity contribution is 0.239. The van der Waals surface area contributed by atoms with Gasteiger partial charge in [-0.15, -0.1) is 0 Å². The monoisotopic (exact) mass is 334 g/mol. The van der Waals surface area contributed by atoms with Crippen LogP contribution in [0.2, 0.25) is 0 Å².